The van der Waals surface area contributed by atoms with E-state index in [-0.39, 0.29) is 25.9 Å². The normalized spacial score (nSPS) is 11.9. The Morgan fingerprint density at radius 3 is 2.09 bits per heavy atom. The summed E-state index contributed by atoms with van der Waals surface area (Å²) in [5.74, 6) is 0. The fourth-order valence-corrected chi connectivity index (χ4v) is 3.17. The van der Waals surface area contributed by atoms with Gasteiger partial charge in [0.05, 0.1) is 22.6 Å². The molecule has 0 heterocycles. The van der Waals surface area contributed by atoms with E-state index in [2.05, 4.69) is 0 Å². The molecule has 9 heteroatoms. The molecule has 0 fully saturated rings. The van der Waals surface area contributed by atoms with Gasteiger partial charge in [0.1, 0.15) is 0 Å². The predicted molar refractivity (Wildman–Crippen MR) is 70.7 cm³/mol. The maximum atomic E-state index is 12.7. The van der Waals surface area contributed by atoms with Crippen molar-refractivity contribution in [1.82, 2.24) is 4.31 Å². The highest BCUT2D eigenvalue weighted by molar-refractivity contribution is 7.89. The molecule has 5 nitrogen and oxygen atoms in total. The summed E-state index contributed by atoms with van der Waals surface area (Å²) in [5, 5.41) is 17.1. The van der Waals surface area contributed by atoms with Crippen molar-refractivity contribution in [2.75, 3.05) is 13.1 Å². The fraction of sp³-hybridized carbons (Fsp3) is 0.385. The molecule has 0 aliphatic carbocycles. The number of hydrogen-bond acceptors (Lipinski definition) is 4. The molecular formula is C13H12F3N3O2S. The summed E-state index contributed by atoms with van der Waals surface area (Å²) in [6.07, 6.45) is -4.90. The molecule has 22 heavy (non-hydrogen) atoms. The van der Waals surface area contributed by atoms with E-state index >= 15 is 0 Å². The lowest BCUT2D eigenvalue weighted by Gasteiger charge is -2.20. The third-order valence-corrected chi connectivity index (χ3v) is 4.64. The van der Waals surface area contributed by atoms with Crippen LogP contribution in [0.15, 0.2) is 29.2 Å². The Labute approximate surface area is 126 Å². The highest BCUT2D eigenvalue weighted by atomic mass is 32.2. The van der Waals surface area contributed by atoms with Crippen LogP contribution < -0.4 is 0 Å². The monoisotopic (exact) mass is 331 g/mol. The average molecular weight is 331 g/mol. The molecule has 0 spiro atoms. The molecular weight excluding hydrogens is 319 g/mol. The second-order valence-corrected chi connectivity index (χ2v) is 6.18. The Morgan fingerprint density at radius 1 is 1.09 bits per heavy atom. The van der Waals surface area contributed by atoms with Crippen LogP contribution in [0.3, 0.4) is 0 Å². The molecule has 1 aromatic carbocycles. The van der Waals surface area contributed by atoms with Crippen molar-refractivity contribution in [1.29, 1.82) is 10.5 Å². The van der Waals surface area contributed by atoms with E-state index in [9.17, 15) is 21.6 Å². The summed E-state index contributed by atoms with van der Waals surface area (Å²) < 4.78 is 63.6. The molecule has 0 amide bonds. The van der Waals surface area contributed by atoms with Gasteiger partial charge in [0.15, 0.2) is 0 Å². The lowest BCUT2D eigenvalue weighted by atomic mass is 10.2. The number of nitrogens with zero attached hydrogens (tertiary/aromatic N) is 3. The Balaban J connectivity index is 3.19. The number of sulfonamides is 1. The van der Waals surface area contributed by atoms with E-state index in [4.69, 9.17) is 10.5 Å². The van der Waals surface area contributed by atoms with Crippen LogP contribution in [-0.4, -0.2) is 25.8 Å². The second-order valence-electron chi connectivity index (χ2n) is 4.25. The van der Waals surface area contributed by atoms with Gasteiger partial charge < -0.3 is 0 Å². The summed E-state index contributed by atoms with van der Waals surface area (Å²) in [5.41, 5.74) is -1.07. The van der Waals surface area contributed by atoms with Crippen molar-refractivity contribution >= 4 is 10.0 Å². The zero-order valence-electron chi connectivity index (χ0n) is 11.3. The summed E-state index contributed by atoms with van der Waals surface area (Å²) in [6.45, 7) is -0.368. The first-order valence-electron chi connectivity index (χ1n) is 6.15. The molecule has 0 radical (unpaired) electrons. The van der Waals surface area contributed by atoms with Crippen LogP contribution in [-0.2, 0) is 16.2 Å². The molecule has 118 valence electrons. The Morgan fingerprint density at radius 2 is 1.64 bits per heavy atom. The van der Waals surface area contributed by atoms with Gasteiger partial charge in [-0.25, -0.2) is 8.42 Å². The summed E-state index contributed by atoms with van der Waals surface area (Å²) in [6, 6.07) is 6.90. The zero-order chi connectivity index (χ0) is 16.8. The van der Waals surface area contributed by atoms with Gasteiger partial charge in [-0.3, -0.25) is 0 Å². The van der Waals surface area contributed by atoms with E-state index in [0.717, 1.165) is 22.5 Å². The molecule has 0 saturated heterocycles. The van der Waals surface area contributed by atoms with Gasteiger partial charge in [-0.1, -0.05) is 6.07 Å². The largest absolute Gasteiger partial charge is 0.416 e. The van der Waals surface area contributed by atoms with Crippen LogP contribution in [0.5, 0.6) is 0 Å². The fourth-order valence-electron chi connectivity index (χ4n) is 1.68. The van der Waals surface area contributed by atoms with Crippen LogP contribution >= 0.6 is 0 Å². The standard InChI is InChI=1S/C13H12F3N3O2S/c14-13(15,16)11-4-1-5-12(10-11)22(20,21)19(8-2-6-17)9-3-7-18/h1,4-5,10H,2-3,8-9H2. The van der Waals surface area contributed by atoms with Crippen molar-refractivity contribution in [2.45, 2.75) is 23.9 Å². The highest BCUT2D eigenvalue weighted by Crippen LogP contribution is 2.31. The van der Waals surface area contributed by atoms with Gasteiger partial charge in [-0.2, -0.15) is 28.0 Å². The number of nitriles is 2. The van der Waals surface area contributed by atoms with Crippen LogP contribution in [0.1, 0.15) is 18.4 Å². The number of hydrogen-bond donors (Lipinski definition) is 0. The van der Waals surface area contributed by atoms with Crippen molar-refractivity contribution in [3.8, 4) is 12.1 Å². The van der Waals surface area contributed by atoms with Gasteiger partial charge in [0.25, 0.3) is 0 Å². The lowest BCUT2D eigenvalue weighted by molar-refractivity contribution is -0.137. The van der Waals surface area contributed by atoms with E-state index in [1.54, 1.807) is 12.1 Å². The molecule has 1 rings (SSSR count). The highest BCUT2D eigenvalue weighted by Gasteiger charge is 2.32. The number of halogens is 3. The summed E-state index contributed by atoms with van der Waals surface area (Å²) in [4.78, 5) is -0.516. The molecule has 0 bridgehead atoms. The van der Waals surface area contributed by atoms with Crippen molar-refractivity contribution in [3.05, 3.63) is 29.8 Å². The number of rotatable bonds is 6. The summed E-state index contributed by atoms with van der Waals surface area (Å²) >= 11 is 0. The van der Waals surface area contributed by atoms with Gasteiger partial charge in [-0.15, -0.1) is 0 Å². The zero-order valence-corrected chi connectivity index (χ0v) is 12.2. The van der Waals surface area contributed by atoms with Gasteiger partial charge in [0, 0.05) is 25.9 Å². The molecule has 0 aliphatic rings. The SMILES string of the molecule is N#CCCN(CCC#N)S(=O)(=O)c1cccc(C(F)(F)F)c1. The molecule has 0 aliphatic heterocycles. The number of benzene rings is 1. The maximum absolute atomic E-state index is 12.7. The third kappa shape index (κ3) is 4.45. The minimum atomic E-state index is -4.66. The van der Waals surface area contributed by atoms with Crippen LogP contribution in [0.25, 0.3) is 0 Å². The minimum absolute atomic E-state index is 0.121. The maximum Gasteiger partial charge on any atom is 0.416 e. The molecule has 0 N–H and O–H groups in total. The van der Waals surface area contributed by atoms with E-state index in [0.29, 0.717) is 6.07 Å². The first-order chi connectivity index (χ1) is 10.2. The first-order valence-corrected chi connectivity index (χ1v) is 7.59. The first kappa shape index (κ1) is 18.0. The van der Waals surface area contributed by atoms with Crippen molar-refractivity contribution in [3.63, 3.8) is 0 Å². The van der Waals surface area contributed by atoms with E-state index in [1.165, 1.54) is 0 Å². The average Bonchev–Trinajstić information content (AvgIpc) is 2.46. The van der Waals surface area contributed by atoms with Crippen LogP contribution in [0, 0.1) is 22.7 Å². The predicted octanol–water partition coefficient (Wildman–Crippen LogP) is 2.52. The van der Waals surface area contributed by atoms with Gasteiger partial charge in [0.2, 0.25) is 10.0 Å². The number of alkyl halides is 3. The minimum Gasteiger partial charge on any atom is -0.207 e. The molecule has 0 saturated carbocycles. The smallest absolute Gasteiger partial charge is 0.207 e. The topological polar surface area (TPSA) is 85.0 Å². The molecule has 0 aromatic heterocycles. The van der Waals surface area contributed by atoms with E-state index in [1.807, 2.05) is 0 Å². The van der Waals surface area contributed by atoms with Crippen molar-refractivity contribution < 1.29 is 21.6 Å². The Kier molecular flexibility index (Phi) is 5.92. The Hall–Kier alpha value is -2.10. The molecule has 0 atom stereocenters. The second kappa shape index (κ2) is 7.25. The van der Waals surface area contributed by atoms with Gasteiger partial charge in [-0.05, 0) is 18.2 Å². The lowest BCUT2D eigenvalue weighted by Crippen LogP contribution is -2.33. The van der Waals surface area contributed by atoms with Crippen molar-refractivity contribution in [2.24, 2.45) is 0 Å². The summed E-state index contributed by atoms with van der Waals surface area (Å²) in [7, 11) is -4.20. The van der Waals surface area contributed by atoms with Crippen LogP contribution in [0.4, 0.5) is 13.2 Å². The quantitative estimate of drug-likeness (QED) is 0.801. The molecule has 1 aromatic rings. The van der Waals surface area contributed by atoms with Gasteiger partial charge >= 0.3 is 6.18 Å². The third-order valence-electron chi connectivity index (χ3n) is 2.75. The molecule has 0 unspecified atom stereocenters. The van der Waals surface area contributed by atoms with E-state index < -0.39 is 26.7 Å². The Bertz CT molecular complexity index is 684. The van der Waals surface area contributed by atoms with Crippen LogP contribution in [0.2, 0.25) is 0 Å².